The van der Waals surface area contributed by atoms with Crippen LogP contribution in [-0.2, 0) is 0 Å². The highest BCUT2D eigenvalue weighted by atomic mass is 32.2. The Balaban J connectivity index is 2.60. The van der Waals surface area contributed by atoms with Crippen molar-refractivity contribution in [3.05, 3.63) is 22.5 Å². The predicted molar refractivity (Wildman–Crippen MR) is 55.7 cm³/mol. The lowest BCUT2D eigenvalue weighted by Crippen LogP contribution is -2.01. The van der Waals surface area contributed by atoms with Gasteiger partial charge in [0.15, 0.2) is 5.16 Å². The van der Waals surface area contributed by atoms with E-state index in [1.807, 2.05) is 6.92 Å². The Morgan fingerprint density at radius 3 is 2.67 bits per heavy atom. The van der Waals surface area contributed by atoms with Gasteiger partial charge in [0.05, 0.1) is 4.92 Å². The molecule has 1 aromatic heterocycles. The highest BCUT2D eigenvalue weighted by Gasteiger charge is 2.09. The molecule has 1 heterocycles. The maximum Gasteiger partial charge on any atom is 0.305 e. The molecule has 1 atom stereocenters. The zero-order valence-corrected chi connectivity index (χ0v) is 8.98. The molecule has 82 valence electrons. The van der Waals surface area contributed by atoms with E-state index >= 15 is 0 Å². The molecule has 0 saturated carbocycles. The van der Waals surface area contributed by atoms with Crippen LogP contribution in [0.3, 0.4) is 0 Å². The predicted octanol–water partition coefficient (Wildman–Crippen LogP) is 1.25. The van der Waals surface area contributed by atoms with E-state index in [0.717, 1.165) is 0 Å². The van der Waals surface area contributed by atoms with Crippen molar-refractivity contribution in [2.45, 2.75) is 23.8 Å². The normalized spacial score (nSPS) is 12.4. The Morgan fingerprint density at radius 1 is 1.60 bits per heavy atom. The third kappa shape index (κ3) is 3.80. The molecule has 0 fully saturated rings. The molecule has 0 spiro atoms. The van der Waals surface area contributed by atoms with Crippen LogP contribution in [0.25, 0.3) is 0 Å². The average Bonchev–Trinajstić information content (AvgIpc) is 2.18. The third-order valence-corrected chi connectivity index (χ3v) is 2.73. The molecule has 0 aliphatic heterocycles. The first-order chi connectivity index (χ1) is 7.13. The van der Waals surface area contributed by atoms with Crippen LogP contribution in [-0.4, -0.2) is 31.9 Å². The maximum atomic E-state index is 10.3. The number of hydrogen-bond donors (Lipinski definition) is 1. The molecule has 0 saturated heterocycles. The van der Waals surface area contributed by atoms with Crippen molar-refractivity contribution in [1.82, 2.24) is 9.97 Å². The van der Waals surface area contributed by atoms with E-state index in [1.165, 1.54) is 24.2 Å². The van der Waals surface area contributed by atoms with E-state index in [4.69, 9.17) is 5.11 Å². The van der Waals surface area contributed by atoms with Crippen molar-refractivity contribution < 1.29 is 10.0 Å². The van der Waals surface area contributed by atoms with E-state index in [2.05, 4.69) is 9.97 Å². The Morgan fingerprint density at radius 2 is 2.20 bits per heavy atom. The van der Waals surface area contributed by atoms with Gasteiger partial charge in [-0.25, -0.2) is 9.97 Å². The highest BCUT2D eigenvalue weighted by Crippen LogP contribution is 2.21. The minimum absolute atomic E-state index is 0.112. The summed E-state index contributed by atoms with van der Waals surface area (Å²) in [4.78, 5) is 17.5. The van der Waals surface area contributed by atoms with Crippen molar-refractivity contribution in [3.8, 4) is 0 Å². The zero-order valence-electron chi connectivity index (χ0n) is 8.16. The molecule has 0 aliphatic carbocycles. The quantitative estimate of drug-likeness (QED) is 0.354. The Labute approximate surface area is 90.9 Å². The highest BCUT2D eigenvalue weighted by molar-refractivity contribution is 7.99. The molecule has 0 radical (unpaired) electrons. The van der Waals surface area contributed by atoms with E-state index < -0.39 is 4.92 Å². The standard InChI is InChI=1S/C8H11N3O3S/c1-6(2-3-12)15-8-9-4-7(5-10-8)11(13)14/h4-6,12H,2-3H2,1H3. The first kappa shape index (κ1) is 11.9. The maximum absolute atomic E-state index is 10.3. The first-order valence-corrected chi connectivity index (χ1v) is 5.25. The van der Waals surface area contributed by atoms with Gasteiger partial charge in [0.1, 0.15) is 12.4 Å². The van der Waals surface area contributed by atoms with Crippen LogP contribution in [0.2, 0.25) is 0 Å². The Kier molecular flexibility index (Phi) is 4.44. The van der Waals surface area contributed by atoms with Crippen LogP contribution in [0.5, 0.6) is 0 Å². The van der Waals surface area contributed by atoms with E-state index in [0.29, 0.717) is 11.6 Å². The number of hydrogen-bond acceptors (Lipinski definition) is 6. The van der Waals surface area contributed by atoms with Crippen molar-refractivity contribution in [2.75, 3.05) is 6.61 Å². The van der Waals surface area contributed by atoms with Crippen LogP contribution < -0.4 is 0 Å². The second-order valence-corrected chi connectivity index (χ2v) is 4.33. The summed E-state index contributed by atoms with van der Waals surface area (Å²) in [6.07, 6.45) is 3.01. The van der Waals surface area contributed by atoms with Crippen LogP contribution in [0.15, 0.2) is 17.6 Å². The molecule has 0 bridgehead atoms. The zero-order chi connectivity index (χ0) is 11.3. The van der Waals surface area contributed by atoms with Gasteiger partial charge in [0.2, 0.25) is 0 Å². The van der Waals surface area contributed by atoms with Gasteiger partial charge in [0.25, 0.3) is 0 Å². The SMILES string of the molecule is CC(CCO)Sc1ncc([N+](=O)[O-])cn1. The minimum Gasteiger partial charge on any atom is -0.396 e. The number of nitrogens with zero attached hydrogens (tertiary/aromatic N) is 3. The summed E-state index contributed by atoms with van der Waals surface area (Å²) in [6, 6.07) is 0. The number of aromatic nitrogens is 2. The molecule has 15 heavy (non-hydrogen) atoms. The van der Waals surface area contributed by atoms with Crippen molar-refractivity contribution in [2.24, 2.45) is 0 Å². The Bertz CT molecular complexity index is 330. The van der Waals surface area contributed by atoms with Crippen LogP contribution in [0, 0.1) is 10.1 Å². The first-order valence-electron chi connectivity index (χ1n) is 4.37. The number of thioether (sulfide) groups is 1. The summed E-state index contributed by atoms with van der Waals surface area (Å²) in [5, 5.41) is 19.7. The second-order valence-electron chi connectivity index (χ2n) is 2.92. The summed E-state index contributed by atoms with van der Waals surface area (Å²) >= 11 is 1.38. The van der Waals surface area contributed by atoms with Crippen LogP contribution in [0.1, 0.15) is 13.3 Å². The van der Waals surface area contributed by atoms with Gasteiger partial charge >= 0.3 is 5.69 Å². The van der Waals surface area contributed by atoms with Crippen molar-refractivity contribution >= 4 is 17.4 Å². The molecule has 0 aromatic carbocycles. The molecular formula is C8H11N3O3S. The Hall–Kier alpha value is -1.21. The number of nitro groups is 1. The molecule has 1 rings (SSSR count). The van der Waals surface area contributed by atoms with Gasteiger partial charge in [-0.1, -0.05) is 18.7 Å². The van der Waals surface area contributed by atoms with Crippen molar-refractivity contribution in [3.63, 3.8) is 0 Å². The van der Waals surface area contributed by atoms with Gasteiger partial charge in [-0.05, 0) is 6.42 Å². The van der Waals surface area contributed by atoms with Crippen molar-refractivity contribution in [1.29, 1.82) is 0 Å². The fourth-order valence-electron chi connectivity index (χ4n) is 0.885. The van der Waals surface area contributed by atoms with Gasteiger partial charge < -0.3 is 5.11 Å². The van der Waals surface area contributed by atoms with Crippen LogP contribution in [0.4, 0.5) is 5.69 Å². The lowest BCUT2D eigenvalue weighted by molar-refractivity contribution is -0.385. The van der Waals surface area contributed by atoms with Gasteiger partial charge in [-0.2, -0.15) is 0 Å². The molecule has 0 aliphatic rings. The summed E-state index contributed by atoms with van der Waals surface area (Å²) in [6.45, 7) is 2.05. The summed E-state index contributed by atoms with van der Waals surface area (Å²) in [5.74, 6) is 0. The summed E-state index contributed by atoms with van der Waals surface area (Å²) in [7, 11) is 0. The number of aliphatic hydroxyl groups excluding tert-OH is 1. The van der Waals surface area contributed by atoms with E-state index in [-0.39, 0.29) is 17.5 Å². The second kappa shape index (κ2) is 5.62. The summed E-state index contributed by atoms with van der Waals surface area (Å²) in [5.41, 5.74) is -0.117. The molecular weight excluding hydrogens is 218 g/mol. The minimum atomic E-state index is -0.536. The average molecular weight is 229 g/mol. The molecule has 6 nitrogen and oxygen atoms in total. The van der Waals surface area contributed by atoms with E-state index in [1.54, 1.807) is 0 Å². The topological polar surface area (TPSA) is 89.2 Å². The monoisotopic (exact) mass is 229 g/mol. The van der Waals surface area contributed by atoms with E-state index in [9.17, 15) is 10.1 Å². The van der Waals surface area contributed by atoms with Gasteiger partial charge in [-0.3, -0.25) is 10.1 Å². The molecule has 1 aromatic rings. The third-order valence-electron chi connectivity index (χ3n) is 1.67. The molecule has 1 unspecified atom stereocenters. The fraction of sp³-hybridized carbons (Fsp3) is 0.500. The molecule has 0 amide bonds. The lowest BCUT2D eigenvalue weighted by Gasteiger charge is -2.06. The smallest absolute Gasteiger partial charge is 0.305 e. The fourth-order valence-corrected chi connectivity index (χ4v) is 1.70. The lowest BCUT2D eigenvalue weighted by atomic mass is 10.3. The van der Waals surface area contributed by atoms with Gasteiger partial charge in [-0.15, -0.1) is 0 Å². The molecule has 1 N–H and O–H groups in total. The number of rotatable bonds is 5. The van der Waals surface area contributed by atoms with Gasteiger partial charge in [0, 0.05) is 11.9 Å². The largest absolute Gasteiger partial charge is 0.396 e. The number of aliphatic hydroxyl groups is 1. The molecule has 7 heteroatoms. The summed E-state index contributed by atoms with van der Waals surface area (Å²) < 4.78 is 0. The van der Waals surface area contributed by atoms with Crippen LogP contribution >= 0.6 is 11.8 Å².